The maximum atomic E-state index is 12.7. The van der Waals surface area contributed by atoms with Gasteiger partial charge in [0.15, 0.2) is 12.7 Å². The van der Waals surface area contributed by atoms with E-state index in [2.05, 4.69) is 23.0 Å². The topological polar surface area (TPSA) is 143 Å². The van der Waals surface area contributed by atoms with Gasteiger partial charge >= 0.3 is 12.0 Å². The average Bonchev–Trinajstić information content (AvgIpc) is 2.99. The maximum absolute atomic E-state index is 12.7. The Hall–Kier alpha value is -3.63. The number of carbonyl (C=O) groups excluding carboxylic acids is 5. The van der Waals surface area contributed by atoms with Gasteiger partial charge in [0.1, 0.15) is 11.3 Å². The summed E-state index contributed by atoms with van der Waals surface area (Å²) in [5.41, 5.74) is 1.70. The first-order valence-corrected chi connectivity index (χ1v) is 10.5. The number of esters is 1. The molecule has 1 saturated carbocycles. The van der Waals surface area contributed by atoms with Gasteiger partial charge in [-0.25, -0.2) is 4.79 Å². The number of hydrogen-bond acceptors (Lipinski definition) is 7. The largest absolute Gasteiger partial charge is 0.478 e. The Morgan fingerprint density at radius 1 is 1.22 bits per heavy atom. The predicted molar refractivity (Wildman–Crippen MR) is 109 cm³/mol. The number of hydrogen-bond donors (Lipinski definition) is 3. The molecule has 2 heterocycles. The van der Waals surface area contributed by atoms with Crippen molar-refractivity contribution in [3.8, 4) is 5.75 Å². The molecular formula is C21H24N4O7. The van der Waals surface area contributed by atoms with Gasteiger partial charge in [0.25, 0.3) is 17.7 Å². The number of rotatable bonds is 5. The van der Waals surface area contributed by atoms with Crippen LogP contribution in [-0.2, 0) is 23.9 Å². The van der Waals surface area contributed by atoms with Crippen molar-refractivity contribution in [2.45, 2.75) is 50.7 Å². The Morgan fingerprint density at radius 2 is 1.94 bits per heavy atom. The molecule has 0 bridgehead atoms. The summed E-state index contributed by atoms with van der Waals surface area (Å²) < 4.78 is 10.4. The highest BCUT2D eigenvalue weighted by Gasteiger charge is 2.52. The number of benzene rings is 1. The van der Waals surface area contributed by atoms with Crippen LogP contribution in [0.5, 0.6) is 5.75 Å². The van der Waals surface area contributed by atoms with Crippen molar-refractivity contribution < 1.29 is 33.4 Å². The van der Waals surface area contributed by atoms with Gasteiger partial charge in [-0.1, -0.05) is 19.1 Å². The van der Waals surface area contributed by atoms with E-state index in [0.29, 0.717) is 35.2 Å². The minimum absolute atomic E-state index is 0.405. The molecule has 0 radical (unpaired) electrons. The highest BCUT2D eigenvalue weighted by atomic mass is 16.5. The fourth-order valence-electron chi connectivity index (χ4n) is 4.06. The number of fused-ring (bicyclic) bond motifs is 1. The lowest BCUT2D eigenvalue weighted by Crippen LogP contribution is -2.52. The van der Waals surface area contributed by atoms with Crippen LogP contribution in [0.3, 0.4) is 0 Å². The first kappa shape index (κ1) is 21.6. The summed E-state index contributed by atoms with van der Waals surface area (Å²) in [5.74, 6) is -1.81. The lowest BCUT2D eigenvalue weighted by atomic mass is 9.77. The van der Waals surface area contributed by atoms with E-state index in [1.165, 1.54) is 0 Å². The van der Waals surface area contributed by atoms with Crippen molar-refractivity contribution in [2.75, 3.05) is 11.9 Å². The Kier molecular flexibility index (Phi) is 5.72. The molecular weight excluding hydrogens is 420 g/mol. The van der Waals surface area contributed by atoms with Gasteiger partial charge in [0.05, 0.1) is 12.1 Å². The van der Waals surface area contributed by atoms with Crippen LogP contribution in [0.2, 0.25) is 0 Å². The summed E-state index contributed by atoms with van der Waals surface area (Å²) in [6.07, 6.45) is 1.11. The van der Waals surface area contributed by atoms with Crippen molar-refractivity contribution in [1.82, 2.24) is 15.8 Å². The van der Waals surface area contributed by atoms with Crippen LogP contribution in [-0.4, -0.2) is 53.0 Å². The molecule has 32 heavy (non-hydrogen) atoms. The number of amides is 5. The highest BCUT2D eigenvalue weighted by Crippen LogP contribution is 2.35. The van der Waals surface area contributed by atoms with Gasteiger partial charge in [0.2, 0.25) is 0 Å². The summed E-state index contributed by atoms with van der Waals surface area (Å²) in [6.45, 7) is 1.37. The first-order valence-electron chi connectivity index (χ1n) is 10.5. The molecule has 5 amide bonds. The smallest absolute Gasteiger partial charge is 0.344 e. The van der Waals surface area contributed by atoms with Gasteiger partial charge in [-0.3, -0.25) is 24.6 Å². The maximum Gasteiger partial charge on any atom is 0.344 e. The van der Waals surface area contributed by atoms with Crippen molar-refractivity contribution in [3.63, 3.8) is 0 Å². The monoisotopic (exact) mass is 444 g/mol. The average molecular weight is 444 g/mol. The van der Waals surface area contributed by atoms with Gasteiger partial charge in [0, 0.05) is 0 Å². The van der Waals surface area contributed by atoms with Crippen molar-refractivity contribution >= 4 is 35.4 Å². The lowest BCUT2D eigenvalue weighted by Gasteiger charge is -2.33. The second-order valence-electron chi connectivity index (χ2n) is 8.33. The second-order valence-corrected chi connectivity index (χ2v) is 8.33. The summed E-state index contributed by atoms with van der Waals surface area (Å²) in [7, 11) is 0. The molecule has 1 unspecified atom stereocenters. The normalized spacial score (nSPS) is 26.7. The number of hydrazine groups is 1. The van der Waals surface area contributed by atoms with Crippen molar-refractivity contribution in [2.24, 2.45) is 5.92 Å². The zero-order valence-electron chi connectivity index (χ0n) is 17.5. The zero-order chi connectivity index (χ0) is 22.9. The summed E-state index contributed by atoms with van der Waals surface area (Å²) in [5, 5.41) is 5.95. The lowest BCUT2D eigenvalue weighted by molar-refractivity contribution is -0.153. The molecule has 1 spiro atoms. The Balaban J connectivity index is 1.26. The van der Waals surface area contributed by atoms with Crippen LogP contribution < -0.4 is 20.8 Å². The van der Waals surface area contributed by atoms with E-state index in [9.17, 15) is 24.0 Å². The Labute approximate surface area is 183 Å². The molecule has 1 aliphatic carbocycles. The third-order valence-electron chi connectivity index (χ3n) is 5.95. The molecule has 1 saturated heterocycles. The molecule has 3 aliphatic rings. The Bertz CT molecular complexity index is 971. The SMILES string of the molecule is CC1CCC2(CC1)NC(=O)N(NC(=O)COC(=O)CC1Oc3ccccc3NC1=O)C2=O. The molecule has 170 valence electrons. The number of nitrogens with one attached hydrogen (secondary N) is 3. The summed E-state index contributed by atoms with van der Waals surface area (Å²) >= 11 is 0. The predicted octanol–water partition coefficient (Wildman–Crippen LogP) is 0.851. The number of imide groups is 1. The highest BCUT2D eigenvalue weighted by molar-refractivity contribution is 6.08. The molecule has 4 rings (SSSR count). The van der Waals surface area contributed by atoms with Crippen LogP contribution in [0.4, 0.5) is 10.5 Å². The van der Waals surface area contributed by atoms with E-state index in [1.807, 2.05) is 0 Å². The van der Waals surface area contributed by atoms with Crippen LogP contribution >= 0.6 is 0 Å². The summed E-state index contributed by atoms with van der Waals surface area (Å²) in [6, 6.07) is 6.06. The molecule has 11 heteroatoms. The molecule has 0 aromatic heterocycles. The third-order valence-corrected chi connectivity index (χ3v) is 5.95. The Morgan fingerprint density at radius 3 is 2.69 bits per heavy atom. The van der Waals surface area contributed by atoms with Crippen LogP contribution in [0.15, 0.2) is 24.3 Å². The van der Waals surface area contributed by atoms with Crippen LogP contribution in [0, 0.1) is 5.92 Å². The number of nitrogens with zero attached hydrogens (tertiary/aromatic N) is 1. The van der Waals surface area contributed by atoms with Gasteiger partial charge in [-0.05, 0) is 43.7 Å². The number of anilines is 1. The summed E-state index contributed by atoms with van der Waals surface area (Å²) in [4.78, 5) is 61.3. The van der Waals surface area contributed by atoms with Crippen LogP contribution in [0.1, 0.15) is 39.0 Å². The molecule has 11 nitrogen and oxygen atoms in total. The van der Waals surface area contributed by atoms with E-state index in [4.69, 9.17) is 9.47 Å². The van der Waals surface area contributed by atoms with Crippen LogP contribution in [0.25, 0.3) is 0 Å². The van der Waals surface area contributed by atoms with Gasteiger partial charge < -0.3 is 20.1 Å². The van der Waals surface area contributed by atoms with E-state index in [0.717, 1.165) is 12.8 Å². The first-order chi connectivity index (χ1) is 15.3. The number of urea groups is 1. The van der Waals surface area contributed by atoms with Crippen molar-refractivity contribution in [3.05, 3.63) is 24.3 Å². The number of para-hydroxylation sites is 2. The van der Waals surface area contributed by atoms with Crippen molar-refractivity contribution in [1.29, 1.82) is 0 Å². The van der Waals surface area contributed by atoms with E-state index >= 15 is 0 Å². The molecule has 1 atom stereocenters. The molecule has 1 aromatic carbocycles. The molecule has 2 fully saturated rings. The standard InChI is InChI=1S/C21H24N4O7/c1-12-6-8-21(9-7-12)19(29)25(20(30)23-21)24-16(26)11-31-17(27)10-15-18(28)22-13-4-2-3-5-14(13)32-15/h2-5,12,15H,6-11H2,1H3,(H,22,28)(H,23,30)(H,24,26). The quantitative estimate of drug-likeness (QED) is 0.451. The number of ether oxygens (including phenoxy) is 2. The minimum atomic E-state index is -1.10. The fourth-order valence-corrected chi connectivity index (χ4v) is 4.06. The number of carbonyl (C=O) groups is 5. The van der Waals surface area contributed by atoms with E-state index < -0.39 is 54.4 Å². The van der Waals surface area contributed by atoms with Gasteiger partial charge in [-0.15, -0.1) is 0 Å². The third kappa shape index (κ3) is 4.23. The minimum Gasteiger partial charge on any atom is -0.478 e. The molecule has 2 aliphatic heterocycles. The van der Waals surface area contributed by atoms with E-state index in [-0.39, 0.29) is 0 Å². The molecule has 1 aromatic rings. The fraction of sp³-hybridized carbons (Fsp3) is 0.476. The second kappa shape index (κ2) is 8.48. The molecule has 3 N–H and O–H groups in total. The van der Waals surface area contributed by atoms with Gasteiger partial charge in [-0.2, -0.15) is 5.01 Å². The zero-order valence-corrected chi connectivity index (χ0v) is 17.5. The van der Waals surface area contributed by atoms with E-state index in [1.54, 1.807) is 24.3 Å².